The SMILES string of the molecule is CC.CCCN1C(=O)c2cc3occc3n2CC1(C)C(=O)NC1CCCCC1C. The van der Waals surface area contributed by atoms with E-state index in [-0.39, 0.29) is 17.9 Å². The van der Waals surface area contributed by atoms with Crippen LogP contribution in [0.3, 0.4) is 0 Å². The van der Waals surface area contributed by atoms with Crippen molar-refractivity contribution in [1.82, 2.24) is 14.8 Å². The third-order valence-electron chi connectivity index (χ3n) is 6.41. The van der Waals surface area contributed by atoms with Crippen LogP contribution in [0.5, 0.6) is 0 Å². The molecule has 4 rings (SSSR count). The molecule has 1 saturated carbocycles. The quantitative estimate of drug-likeness (QED) is 0.815. The molecule has 3 heterocycles. The standard InChI is InChI=1S/C21H29N3O3.C2H6/c1-4-10-24-19(25)17-12-18-16(9-11-27-18)23(17)13-21(24,3)20(26)22-15-8-6-5-7-14(15)2;1-2/h9,11-12,14-15H,4-8,10,13H2,1-3H3,(H,22,26);1-2H3. The van der Waals surface area contributed by atoms with Gasteiger partial charge in [0.25, 0.3) is 5.91 Å². The predicted molar refractivity (Wildman–Crippen MR) is 115 cm³/mol. The molecule has 0 spiro atoms. The van der Waals surface area contributed by atoms with Gasteiger partial charge in [-0.3, -0.25) is 9.59 Å². The van der Waals surface area contributed by atoms with Crippen LogP contribution in [0.2, 0.25) is 0 Å². The molecule has 3 unspecified atom stereocenters. The maximum Gasteiger partial charge on any atom is 0.271 e. The maximum absolute atomic E-state index is 13.4. The van der Waals surface area contributed by atoms with Gasteiger partial charge in [0, 0.05) is 24.7 Å². The largest absolute Gasteiger partial charge is 0.463 e. The van der Waals surface area contributed by atoms with Gasteiger partial charge in [0.15, 0.2) is 5.58 Å². The lowest BCUT2D eigenvalue weighted by Gasteiger charge is -2.45. The van der Waals surface area contributed by atoms with E-state index in [9.17, 15) is 9.59 Å². The van der Waals surface area contributed by atoms with Crippen LogP contribution in [0.15, 0.2) is 22.8 Å². The van der Waals surface area contributed by atoms with Crippen LogP contribution in [-0.2, 0) is 11.3 Å². The molecule has 3 atom stereocenters. The van der Waals surface area contributed by atoms with Crippen LogP contribution in [-0.4, -0.2) is 39.4 Å². The summed E-state index contributed by atoms with van der Waals surface area (Å²) in [6.45, 7) is 11.2. The molecule has 1 fully saturated rings. The van der Waals surface area contributed by atoms with E-state index in [1.807, 2.05) is 38.3 Å². The van der Waals surface area contributed by atoms with Crippen LogP contribution in [0.4, 0.5) is 0 Å². The molecule has 0 saturated heterocycles. The highest BCUT2D eigenvalue weighted by Gasteiger charge is 2.48. The second kappa shape index (κ2) is 8.64. The van der Waals surface area contributed by atoms with E-state index in [0.29, 0.717) is 30.3 Å². The summed E-state index contributed by atoms with van der Waals surface area (Å²) in [4.78, 5) is 28.4. The number of hydrogen-bond donors (Lipinski definition) is 1. The summed E-state index contributed by atoms with van der Waals surface area (Å²) in [6, 6.07) is 3.85. The number of aromatic nitrogens is 1. The van der Waals surface area contributed by atoms with E-state index < -0.39 is 5.54 Å². The van der Waals surface area contributed by atoms with Crippen molar-refractivity contribution in [3.05, 3.63) is 24.1 Å². The van der Waals surface area contributed by atoms with E-state index in [1.165, 1.54) is 6.42 Å². The van der Waals surface area contributed by atoms with Gasteiger partial charge in [-0.15, -0.1) is 0 Å². The van der Waals surface area contributed by atoms with E-state index in [0.717, 1.165) is 31.2 Å². The Morgan fingerprint density at radius 2 is 2.03 bits per heavy atom. The van der Waals surface area contributed by atoms with Crippen LogP contribution in [0.25, 0.3) is 11.1 Å². The molecule has 1 aliphatic heterocycles. The lowest BCUT2D eigenvalue weighted by Crippen LogP contribution is -2.65. The number of carbonyl (C=O) groups excluding carboxylic acids is 2. The molecular formula is C23H35N3O3. The van der Waals surface area contributed by atoms with Gasteiger partial charge >= 0.3 is 0 Å². The predicted octanol–water partition coefficient (Wildman–Crippen LogP) is 4.58. The fourth-order valence-corrected chi connectivity index (χ4v) is 4.70. The summed E-state index contributed by atoms with van der Waals surface area (Å²) in [5.74, 6) is 0.343. The van der Waals surface area contributed by atoms with Crippen LogP contribution in [0.1, 0.15) is 77.2 Å². The first-order valence-electron chi connectivity index (χ1n) is 11.2. The minimum absolute atomic E-state index is 0.0426. The normalized spacial score (nSPS) is 26.7. The monoisotopic (exact) mass is 401 g/mol. The van der Waals surface area contributed by atoms with Crippen molar-refractivity contribution in [3.63, 3.8) is 0 Å². The van der Waals surface area contributed by atoms with Gasteiger partial charge < -0.3 is 19.2 Å². The second-order valence-electron chi connectivity index (χ2n) is 8.36. The van der Waals surface area contributed by atoms with Gasteiger partial charge in [-0.05, 0) is 32.1 Å². The molecule has 2 aromatic heterocycles. The van der Waals surface area contributed by atoms with E-state index in [4.69, 9.17) is 4.42 Å². The highest BCUT2D eigenvalue weighted by molar-refractivity contribution is 6.02. The Hall–Kier alpha value is -2.24. The van der Waals surface area contributed by atoms with Crippen molar-refractivity contribution in [3.8, 4) is 0 Å². The Kier molecular flexibility index (Phi) is 6.39. The number of carbonyl (C=O) groups is 2. The number of amides is 2. The fourth-order valence-electron chi connectivity index (χ4n) is 4.70. The lowest BCUT2D eigenvalue weighted by atomic mass is 9.85. The lowest BCUT2D eigenvalue weighted by molar-refractivity contribution is -0.134. The van der Waals surface area contributed by atoms with Crippen molar-refractivity contribution >= 4 is 22.9 Å². The summed E-state index contributed by atoms with van der Waals surface area (Å²) in [5.41, 5.74) is 1.27. The third-order valence-corrected chi connectivity index (χ3v) is 6.41. The molecule has 1 N–H and O–H groups in total. The molecule has 2 aromatic rings. The average molecular weight is 402 g/mol. The van der Waals surface area contributed by atoms with Crippen molar-refractivity contribution in [2.24, 2.45) is 5.92 Å². The molecule has 29 heavy (non-hydrogen) atoms. The second-order valence-corrected chi connectivity index (χ2v) is 8.36. The van der Waals surface area contributed by atoms with Gasteiger partial charge in [-0.25, -0.2) is 0 Å². The van der Waals surface area contributed by atoms with Crippen molar-refractivity contribution in [2.45, 2.75) is 84.8 Å². The summed E-state index contributed by atoms with van der Waals surface area (Å²) in [6.07, 6.45) is 6.99. The molecule has 6 nitrogen and oxygen atoms in total. The van der Waals surface area contributed by atoms with Crippen LogP contribution >= 0.6 is 0 Å². The zero-order valence-corrected chi connectivity index (χ0v) is 18.5. The van der Waals surface area contributed by atoms with E-state index in [2.05, 4.69) is 12.2 Å². The molecule has 0 radical (unpaired) electrons. The topological polar surface area (TPSA) is 67.5 Å². The Labute approximate surface area is 173 Å². The zero-order chi connectivity index (χ0) is 21.2. The molecule has 2 amide bonds. The smallest absolute Gasteiger partial charge is 0.271 e. The minimum Gasteiger partial charge on any atom is -0.463 e. The van der Waals surface area contributed by atoms with Crippen LogP contribution in [0, 0.1) is 5.92 Å². The summed E-state index contributed by atoms with van der Waals surface area (Å²) in [5, 5.41) is 3.28. The number of nitrogens with one attached hydrogen (secondary N) is 1. The molecule has 1 aliphatic carbocycles. The maximum atomic E-state index is 13.4. The van der Waals surface area contributed by atoms with Gasteiger partial charge in [0.05, 0.1) is 18.3 Å². The molecule has 160 valence electrons. The third kappa shape index (κ3) is 3.69. The van der Waals surface area contributed by atoms with E-state index in [1.54, 1.807) is 17.2 Å². The van der Waals surface area contributed by atoms with Crippen molar-refractivity contribution in [1.29, 1.82) is 0 Å². The van der Waals surface area contributed by atoms with Crippen molar-refractivity contribution < 1.29 is 14.0 Å². The van der Waals surface area contributed by atoms with Gasteiger partial charge in [-0.1, -0.05) is 40.5 Å². The molecule has 2 aliphatic rings. The highest BCUT2D eigenvalue weighted by Crippen LogP contribution is 2.33. The Morgan fingerprint density at radius 3 is 2.72 bits per heavy atom. The van der Waals surface area contributed by atoms with Crippen LogP contribution < -0.4 is 5.32 Å². The molecule has 0 bridgehead atoms. The van der Waals surface area contributed by atoms with Crippen molar-refractivity contribution in [2.75, 3.05) is 6.54 Å². The van der Waals surface area contributed by atoms with Gasteiger partial charge in [0.2, 0.25) is 5.91 Å². The Morgan fingerprint density at radius 1 is 1.31 bits per heavy atom. The Bertz CT molecular complexity index is 868. The first-order chi connectivity index (χ1) is 14.0. The number of nitrogens with zero attached hydrogens (tertiary/aromatic N) is 2. The molecular weight excluding hydrogens is 366 g/mol. The highest BCUT2D eigenvalue weighted by atomic mass is 16.3. The summed E-state index contributed by atoms with van der Waals surface area (Å²) in [7, 11) is 0. The van der Waals surface area contributed by atoms with E-state index >= 15 is 0 Å². The molecule has 0 aromatic carbocycles. The zero-order valence-electron chi connectivity index (χ0n) is 18.5. The van der Waals surface area contributed by atoms with Gasteiger partial charge in [-0.2, -0.15) is 0 Å². The number of fused-ring (bicyclic) bond motifs is 3. The number of rotatable bonds is 4. The summed E-state index contributed by atoms with van der Waals surface area (Å²) < 4.78 is 7.43. The summed E-state index contributed by atoms with van der Waals surface area (Å²) >= 11 is 0. The Balaban J connectivity index is 0.00000117. The first-order valence-corrected chi connectivity index (χ1v) is 11.2. The first kappa shape index (κ1) is 21.5. The average Bonchev–Trinajstić information content (AvgIpc) is 3.31. The molecule has 6 heteroatoms. The fraction of sp³-hybridized carbons (Fsp3) is 0.652. The minimum atomic E-state index is -0.902. The number of hydrogen-bond acceptors (Lipinski definition) is 3. The van der Waals surface area contributed by atoms with Gasteiger partial charge in [0.1, 0.15) is 11.2 Å². The number of furan rings is 1.